The quantitative estimate of drug-likeness (QED) is 0.239. The number of fused-ring (bicyclic) bond motifs is 3. The molecule has 1 aliphatic rings. The molecule has 1 aromatic heterocycles. The molecule has 1 heterocycles. The highest BCUT2D eigenvalue weighted by molar-refractivity contribution is 6.22. The maximum atomic E-state index is 11.5. The van der Waals surface area contributed by atoms with Gasteiger partial charge in [0.05, 0.1) is 21.3 Å². The number of nitro groups is 2. The largest absolute Gasteiger partial charge is 0.452 e. The normalized spacial score (nSPS) is 15.8. The van der Waals surface area contributed by atoms with Crippen molar-refractivity contribution in [1.82, 2.24) is 3.55 Å². The van der Waals surface area contributed by atoms with Crippen molar-refractivity contribution >= 4 is 44.0 Å². The molecule has 1 atom stereocenters. The van der Waals surface area contributed by atoms with Crippen molar-refractivity contribution in [3.05, 3.63) is 110 Å². The standard InChI is InChI=1S/C24H16N3O4.Al/c28-26(29)23-7-3-1-5-17(23)15-9-11-19-20-12-10-16(14-22(20)25-21(19)13-15)18-6-2-4-8-24(18)27(30)31;/h1-5,7-14,18H,6H2;/q-1;+1. The van der Waals surface area contributed by atoms with Gasteiger partial charge in [-0.3, -0.25) is 20.2 Å². The lowest BCUT2D eigenvalue weighted by atomic mass is 9.89. The van der Waals surface area contributed by atoms with Gasteiger partial charge in [-0.15, -0.1) is 0 Å². The number of hydrogen-bond acceptors (Lipinski definition) is 4. The molecule has 2 radical (unpaired) electrons. The maximum absolute atomic E-state index is 11.5. The fraction of sp³-hybridized carbons (Fsp3) is 0.0833. The summed E-state index contributed by atoms with van der Waals surface area (Å²) in [5, 5.41) is 25.0. The number of nitro benzene ring substituents is 1. The number of nitrogens with zero attached hydrogens (tertiary/aromatic N) is 3. The predicted octanol–water partition coefficient (Wildman–Crippen LogP) is 5.51. The van der Waals surface area contributed by atoms with E-state index in [0.717, 1.165) is 32.9 Å². The molecule has 0 aliphatic heterocycles. The molecule has 5 rings (SSSR count). The molecule has 0 N–H and O–H groups in total. The van der Waals surface area contributed by atoms with Crippen LogP contribution in [0.25, 0.3) is 32.9 Å². The van der Waals surface area contributed by atoms with Gasteiger partial charge in [-0.1, -0.05) is 48.6 Å². The topological polar surface area (TPSA) is 91.2 Å². The Morgan fingerprint density at radius 2 is 1.62 bits per heavy atom. The third-order valence-corrected chi connectivity index (χ3v) is 6.54. The van der Waals surface area contributed by atoms with E-state index in [2.05, 4.69) is 16.5 Å². The van der Waals surface area contributed by atoms with Crippen LogP contribution in [-0.2, 0) is 0 Å². The van der Waals surface area contributed by atoms with Crippen LogP contribution in [0.4, 0.5) is 5.69 Å². The van der Waals surface area contributed by atoms with Crippen LogP contribution in [0.15, 0.2) is 84.6 Å². The van der Waals surface area contributed by atoms with Gasteiger partial charge in [0.2, 0.25) is 0 Å². The number of aromatic nitrogens is 1. The van der Waals surface area contributed by atoms with E-state index in [4.69, 9.17) is 0 Å². The molecule has 8 heteroatoms. The minimum atomic E-state index is -0.374. The van der Waals surface area contributed by atoms with Crippen molar-refractivity contribution in [3.63, 3.8) is 0 Å². The minimum Gasteiger partial charge on any atom is -0.452 e. The van der Waals surface area contributed by atoms with Gasteiger partial charge in [-0.2, -0.15) is 0 Å². The molecule has 0 bridgehead atoms. The summed E-state index contributed by atoms with van der Waals surface area (Å²) in [4.78, 5) is 22.3. The predicted molar refractivity (Wildman–Crippen MR) is 124 cm³/mol. The number of rotatable bonds is 4. The summed E-state index contributed by atoms with van der Waals surface area (Å²) in [5.74, 6) is -0.301. The second-order valence-electron chi connectivity index (χ2n) is 7.72. The second-order valence-corrected chi connectivity index (χ2v) is 8.23. The molecule has 3 aromatic carbocycles. The first kappa shape index (κ1) is 20.2. The average Bonchev–Trinajstić information content (AvgIpc) is 3.10. The molecule has 7 nitrogen and oxygen atoms in total. The molecule has 1 aliphatic carbocycles. The number of allylic oxidation sites excluding steroid dienone is 4. The highest BCUT2D eigenvalue weighted by atomic mass is 27.1. The highest BCUT2D eigenvalue weighted by Crippen LogP contribution is 2.38. The van der Waals surface area contributed by atoms with Crippen LogP contribution >= 0.6 is 0 Å². The van der Waals surface area contributed by atoms with Crippen molar-refractivity contribution in [2.75, 3.05) is 0 Å². The summed E-state index contributed by atoms with van der Waals surface area (Å²) in [6.07, 6.45) is 5.81. The smallest absolute Gasteiger partial charge is 0.318 e. The summed E-state index contributed by atoms with van der Waals surface area (Å²) < 4.78 is 1.96. The van der Waals surface area contributed by atoms with E-state index in [-0.39, 0.29) is 27.1 Å². The summed E-state index contributed by atoms with van der Waals surface area (Å²) in [6, 6.07) is 18.4. The van der Waals surface area contributed by atoms with E-state index in [1.807, 2.05) is 46.0 Å². The molecule has 0 saturated carbocycles. The Labute approximate surface area is 191 Å². The highest BCUT2D eigenvalue weighted by Gasteiger charge is 2.27. The fourth-order valence-corrected chi connectivity index (χ4v) is 4.87. The Hall–Kier alpha value is -3.73. The first-order valence-electron chi connectivity index (χ1n) is 10.0. The lowest BCUT2D eigenvalue weighted by Gasteiger charge is -2.16. The van der Waals surface area contributed by atoms with Gasteiger partial charge in [0.25, 0.3) is 11.4 Å². The SMILES string of the molecule is O=[N+]([O-])C1=CC=CCC1c1ccc2c3ccc(-c4ccccc4[N+](=O)[O-])cc3[n]([Al])c2c1. The van der Waals surface area contributed by atoms with Crippen LogP contribution in [0, 0.1) is 20.2 Å². The second kappa shape index (κ2) is 7.75. The Morgan fingerprint density at radius 3 is 2.38 bits per heavy atom. The Kier molecular flexibility index (Phi) is 4.89. The van der Waals surface area contributed by atoms with Crippen LogP contribution in [-0.4, -0.2) is 29.9 Å². The Bertz CT molecular complexity index is 1490. The summed E-state index contributed by atoms with van der Waals surface area (Å²) >= 11 is 2.69. The molecule has 0 saturated heterocycles. The summed E-state index contributed by atoms with van der Waals surface area (Å²) in [6.45, 7) is 0. The van der Waals surface area contributed by atoms with E-state index < -0.39 is 0 Å². The van der Waals surface area contributed by atoms with Crippen molar-refractivity contribution < 1.29 is 9.85 Å². The molecule has 154 valence electrons. The number of hydrogen-bond donors (Lipinski definition) is 0. The van der Waals surface area contributed by atoms with Crippen LogP contribution in [0.2, 0.25) is 0 Å². The Morgan fingerprint density at radius 1 is 0.906 bits per heavy atom. The van der Waals surface area contributed by atoms with Gasteiger partial charge < -0.3 is 3.55 Å². The van der Waals surface area contributed by atoms with Gasteiger partial charge in [-0.05, 0) is 35.7 Å². The van der Waals surface area contributed by atoms with Gasteiger partial charge in [-0.25, -0.2) is 0 Å². The molecule has 0 fully saturated rings. The van der Waals surface area contributed by atoms with E-state index in [9.17, 15) is 20.2 Å². The van der Waals surface area contributed by atoms with Crippen molar-refractivity contribution in [1.29, 1.82) is 0 Å². The van der Waals surface area contributed by atoms with Crippen LogP contribution in [0.1, 0.15) is 17.9 Å². The van der Waals surface area contributed by atoms with Crippen LogP contribution in [0.5, 0.6) is 0 Å². The zero-order chi connectivity index (χ0) is 22.4. The zero-order valence-electron chi connectivity index (χ0n) is 16.8. The number of para-hydroxylation sites is 1. The summed E-state index contributed by atoms with van der Waals surface area (Å²) in [7, 11) is 0. The Balaban J connectivity index is 1.66. The lowest BCUT2D eigenvalue weighted by molar-refractivity contribution is -0.430. The number of benzene rings is 3. The molecule has 1 unspecified atom stereocenters. The van der Waals surface area contributed by atoms with Gasteiger partial charge in [0.1, 0.15) is 0 Å². The minimum absolute atomic E-state index is 0.0602. The first-order valence-corrected chi connectivity index (χ1v) is 10.6. The van der Waals surface area contributed by atoms with Gasteiger partial charge >= 0.3 is 16.5 Å². The molecular formula is C24H16AlN3O4. The van der Waals surface area contributed by atoms with Crippen molar-refractivity contribution in [3.8, 4) is 11.1 Å². The monoisotopic (exact) mass is 437 g/mol. The van der Waals surface area contributed by atoms with E-state index in [0.29, 0.717) is 12.0 Å². The fourth-order valence-electron chi connectivity index (χ4n) is 4.44. The van der Waals surface area contributed by atoms with E-state index in [1.54, 1.807) is 30.4 Å². The van der Waals surface area contributed by atoms with E-state index in [1.165, 1.54) is 6.07 Å². The third kappa shape index (κ3) is 3.21. The zero-order valence-corrected chi connectivity index (χ0v) is 18.0. The van der Waals surface area contributed by atoms with Crippen molar-refractivity contribution in [2.45, 2.75) is 12.3 Å². The molecule has 0 spiro atoms. The molecule has 4 aromatic rings. The molecular weight excluding hydrogens is 421 g/mol. The third-order valence-electron chi connectivity index (χ3n) is 5.99. The van der Waals surface area contributed by atoms with Crippen molar-refractivity contribution in [2.24, 2.45) is 0 Å². The van der Waals surface area contributed by atoms with Gasteiger partial charge in [0, 0.05) is 33.9 Å². The summed E-state index contributed by atoms with van der Waals surface area (Å²) in [5.41, 5.74) is 4.29. The average molecular weight is 437 g/mol. The molecule has 0 amide bonds. The van der Waals surface area contributed by atoms with E-state index >= 15 is 0 Å². The maximum Gasteiger partial charge on any atom is 0.318 e. The van der Waals surface area contributed by atoms with Crippen LogP contribution < -0.4 is 0 Å². The first-order chi connectivity index (χ1) is 15.5. The lowest BCUT2D eigenvalue weighted by Crippen LogP contribution is -2.12. The van der Waals surface area contributed by atoms with Gasteiger partial charge in [0.15, 0.2) is 0 Å². The molecule has 32 heavy (non-hydrogen) atoms. The van der Waals surface area contributed by atoms with Crippen LogP contribution in [0.3, 0.4) is 0 Å².